The van der Waals surface area contributed by atoms with Gasteiger partial charge in [0, 0.05) is 36.5 Å². The van der Waals surface area contributed by atoms with Crippen LogP contribution < -0.4 is 5.32 Å². The molecule has 5 heteroatoms. The maximum atomic E-state index is 9.36. The number of aliphatic hydroxyl groups excluding tert-OH is 1. The quantitative estimate of drug-likeness (QED) is 0.813. The first-order valence-corrected chi connectivity index (χ1v) is 9.39. The van der Waals surface area contributed by atoms with Crippen LogP contribution in [0.4, 0.5) is 0 Å². The summed E-state index contributed by atoms with van der Waals surface area (Å²) in [5.41, 5.74) is 0.933. The first-order valence-electron chi connectivity index (χ1n) is 8.57. The molecule has 2 aromatic heterocycles. The van der Waals surface area contributed by atoms with Crippen LogP contribution in [0.25, 0.3) is 10.7 Å². The monoisotopic (exact) mass is 331 g/mol. The fourth-order valence-electron chi connectivity index (χ4n) is 3.41. The molecular weight excluding hydrogens is 306 g/mol. The number of aliphatic hydroxyl groups is 1. The zero-order valence-corrected chi connectivity index (χ0v) is 14.3. The molecule has 1 saturated carbocycles. The van der Waals surface area contributed by atoms with Crippen molar-refractivity contribution in [3.63, 3.8) is 0 Å². The van der Waals surface area contributed by atoms with Crippen LogP contribution in [-0.4, -0.2) is 27.7 Å². The molecular formula is C18H25N3OS. The van der Waals surface area contributed by atoms with Gasteiger partial charge in [-0.15, -0.1) is 11.3 Å². The predicted molar refractivity (Wildman–Crippen MR) is 94.3 cm³/mol. The van der Waals surface area contributed by atoms with Gasteiger partial charge in [0.1, 0.15) is 5.01 Å². The highest BCUT2D eigenvalue weighted by Crippen LogP contribution is 2.28. The van der Waals surface area contributed by atoms with E-state index >= 15 is 0 Å². The van der Waals surface area contributed by atoms with Gasteiger partial charge < -0.3 is 10.4 Å². The Kier molecular flexibility index (Phi) is 6.13. The number of aromatic nitrogens is 2. The third kappa shape index (κ3) is 4.59. The zero-order valence-electron chi connectivity index (χ0n) is 13.4. The molecule has 1 unspecified atom stereocenters. The third-order valence-electron chi connectivity index (χ3n) is 4.64. The largest absolute Gasteiger partial charge is 0.396 e. The molecule has 0 saturated heterocycles. The SMILES string of the molecule is OCCC(NCc1cnc(-c2ccccn2)s1)C1CCCCC1. The zero-order chi connectivity index (χ0) is 15.9. The smallest absolute Gasteiger partial charge is 0.142 e. The van der Waals surface area contributed by atoms with Crippen molar-refractivity contribution in [2.24, 2.45) is 5.92 Å². The highest BCUT2D eigenvalue weighted by molar-refractivity contribution is 7.14. The van der Waals surface area contributed by atoms with Gasteiger partial charge in [0.25, 0.3) is 0 Å². The van der Waals surface area contributed by atoms with Crippen LogP contribution in [-0.2, 0) is 6.54 Å². The van der Waals surface area contributed by atoms with Crippen LogP contribution in [0.5, 0.6) is 0 Å². The Labute approximate surface area is 142 Å². The van der Waals surface area contributed by atoms with Crippen molar-refractivity contribution in [3.05, 3.63) is 35.5 Å². The van der Waals surface area contributed by atoms with Gasteiger partial charge in [-0.05, 0) is 37.3 Å². The third-order valence-corrected chi connectivity index (χ3v) is 5.65. The van der Waals surface area contributed by atoms with Crippen molar-refractivity contribution < 1.29 is 5.11 Å². The summed E-state index contributed by atoms with van der Waals surface area (Å²) in [6, 6.07) is 6.32. The minimum absolute atomic E-state index is 0.260. The Morgan fingerprint density at radius 1 is 1.22 bits per heavy atom. The molecule has 1 atom stereocenters. The molecule has 0 aromatic carbocycles. The molecule has 0 aliphatic heterocycles. The molecule has 124 valence electrons. The van der Waals surface area contributed by atoms with Crippen molar-refractivity contribution >= 4 is 11.3 Å². The van der Waals surface area contributed by atoms with E-state index in [-0.39, 0.29) is 6.61 Å². The number of nitrogens with zero attached hydrogens (tertiary/aromatic N) is 2. The normalized spacial score (nSPS) is 17.3. The van der Waals surface area contributed by atoms with Crippen molar-refractivity contribution in [1.82, 2.24) is 15.3 Å². The molecule has 4 nitrogen and oxygen atoms in total. The van der Waals surface area contributed by atoms with Crippen molar-refractivity contribution in [2.75, 3.05) is 6.61 Å². The van der Waals surface area contributed by atoms with E-state index in [0.717, 1.165) is 23.7 Å². The van der Waals surface area contributed by atoms with Crippen LogP contribution in [0.3, 0.4) is 0 Å². The molecule has 1 aliphatic rings. The van der Waals surface area contributed by atoms with E-state index in [9.17, 15) is 5.11 Å². The number of pyridine rings is 1. The Balaban J connectivity index is 1.59. The lowest BCUT2D eigenvalue weighted by Crippen LogP contribution is -2.37. The van der Waals surface area contributed by atoms with E-state index in [1.165, 1.54) is 37.0 Å². The molecule has 0 spiro atoms. The van der Waals surface area contributed by atoms with Gasteiger partial charge >= 0.3 is 0 Å². The highest BCUT2D eigenvalue weighted by Gasteiger charge is 2.23. The molecule has 1 aliphatic carbocycles. The van der Waals surface area contributed by atoms with E-state index in [4.69, 9.17) is 0 Å². The summed E-state index contributed by atoms with van der Waals surface area (Å²) in [6.45, 7) is 1.09. The van der Waals surface area contributed by atoms with E-state index in [2.05, 4.69) is 15.3 Å². The summed E-state index contributed by atoms with van der Waals surface area (Å²) in [5.74, 6) is 0.707. The van der Waals surface area contributed by atoms with Gasteiger partial charge in [-0.2, -0.15) is 0 Å². The molecule has 0 radical (unpaired) electrons. The number of nitrogens with one attached hydrogen (secondary N) is 1. The van der Waals surface area contributed by atoms with Crippen LogP contribution >= 0.6 is 11.3 Å². The molecule has 0 amide bonds. The van der Waals surface area contributed by atoms with E-state index in [0.29, 0.717) is 12.0 Å². The Hall–Kier alpha value is -1.30. The maximum absolute atomic E-state index is 9.36. The lowest BCUT2D eigenvalue weighted by molar-refractivity contribution is 0.206. The summed E-state index contributed by atoms with van der Waals surface area (Å²) in [6.07, 6.45) is 11.2. The fourth-order valence-corrected chi connectivity index (χ4v) is 4.25. The molecule has 2 heterocycles. The Bertz CT molecular complexity index is 581. The number of thiazole rings is 1. The summed E-state index contributed by atoms with van der Waals surface area (Å²) in [4.78, 5) is 10.1. The van der Waals surface area contributed by atoms with Crippen LogP contribution in [0.1, 0.15) is 43.4 Å². The van der Waals surface area contributed by atoms with E-state index in [1.54, 1.807) is 17.5 Å². The van der Waals surface area contributed by atoms with Gasteiger partial charge in [-0.1, -0.05) is 25.3 Å². The van der Waals surface area contributed by atoms with Crippen LogP contribution in [0, 0.1) is 5.92 Å². The molecule has 2 aromatic rings. The highest BCUT2D eigenvalue weighted by atomic mass is 32.1. The lowest BCUT2D eigenvalue weighted by atomic mass is 9.83. The standard InChI is InChI=1S/C18H25N3OS/c22-11-9-16(14-6-2-1-3-7-14)20-12-15-13-21-18(23-15)17-8-4-5-10-19-17/h4-5,8,10,13-14,16,20,22H,1-3,6-7,9,11-12H2. The Morgan fingerprint density at radius 2 is 2.09 bits per heavy atom. The van der Waals surface area contributed by atoms with Gasteiger partial charge in [0.05, 0.1) is 5.69 Å². The lowest BCUT2D eigenvalue weighted by Gasteiger charge is -2.30. The molecule has 23 heavy (non-hydrogen) atoms. The van der Waals surface area contributed by atoms with Crippen molar-refractivity contribution in [2.45, 2.75) is 51.1 Å². The summed E-state index contributed by atoms with van der Waals surface area (Å²) in [7, 11) is 0. The minimum Gasteiger partial charge on any atom is -0.396 e. The summed E-state index contributed by atoms with van der Waals surface area (Å²) in [5, 5.41) is 14.0. The average molecular weight is 331 g/mol. The van der Waals surface area contributed by atoms with E-state index < -0.39 is 0 Å². The van der Waals surface area contributed by atoms with Gasteiger partial charge in [0.15, 0.2) is 0 Å². The summed E-state index contributed by atoms with van der Waals surface area (Å²) >= 11 is 1.69. The molecule has 3 rings (SSSR count). The second kappa shape index (κ2) is 8.52. The van der Waals surface area contributed by atoms with Crippen molar-refractivity contribution in [3.8, 4) is 10.7 Å². The number of rotatable bonds is 7. The van der Waals surface area contributed by atoms with Crippen LogP contribution in [0.15, 0.2) is 30.6 Å². The molecule has 2 N–H and O–H groups in total. The number of hydrogen-bond acceptors (Lipinski definition) is 5. The van der Waals surface area contributed by atoms with E-state index in [1.807, 2.05) is 24.4 Å². The first-order chi connectivity index (χ1) is 11.4. The fraction of sp³-hybridized carbons (Fsp3) is 0.556. The minimum atomic E-state index is 0.260. The predicted octanol–water partition coefficient (Wildman–Crippen LogP) is 3.63. The molecule has 1 fully saturated rings. The van der Waals surface area contributed by atoms with Crippen molar-refractivity contribution in [1.29, 1.82) is 0 Å². The topological polar surface area (TPSA) is 58.0 Å². The second-order valence-electron chi connectivity index (χ2n) is 6.24. The Morgan fingerprint density at radius 3 is 2.83 bits per heavy atom. The van der Waals surface area contributed by atoms with Gasteiger partial charge in [0.2, 0.25) is 0 Å². The van der Waals surface area contributed by atoms with Crippen LogP contribution in [0.2, 0.25) is 0 Å². The first kappa shape index (κ1) is 16.6. The maximum Gasteiger partial charge on any atom is 0.142 e. The van der Waals surface area contributed by atoms with Gasteiger partial charge in [-0.25, -0.2) is 4.98 Å². The summed E-state index contributed by atoms with van der Waals surface area (Å²) < 4.78 is 0. The number of hydrogen-bond donors (Lipinski definition) is 2. The van der Waals surface area contributed by atoms with Gasteiger partial charge in [-0.3, -0.25) is 4.98 Å². The molecule has 0 bridgehead atoms. The second-order valence-corrected chi connectivity index (χ2v) is 7.36. The average Bonchev–Trinajstić information content (AvgIpc) is 3.09.